The minimum atomic E-state index is 0.263. The Morgan fingerprint density at radius 1 is 1.35 bits per heavy atom. The van der Waals surface area contributed by atoms with Gasteiger partial charge in [0.1, 0.15) is 5.75 Å². The van der Waals surface area contributed by atoms with Crippen molar-refractivity contribution in [1.29, 1.82) is 0 Å². The summed E-state index contributed by atoms with van der Waals surface area (Å²) in [5, 5.41) is 6.40. The number of ether oxygens (including phenoxy) is 1. The highest BCUT2D eigenvalue weighted by atomic mass is 32.1. The standard InChI is InChI=1S/C12H14N2O2S/c1-8(2)9-3-5-10(6-4-9)15-7-11-13-14-12(17)16-11/h3-6,8H,7H2,1-2H3,(H,14,17). The van der Waals surface area contributed by atoms with Crippen molar-refractivity contribution in [3.63, 3.8) is 0 Å². The van der Waals surface area contributed by atoms with Gasteiger partial charge in [-0.05, 0) is 35.8 Å². The lowest BCUT2D eigenvalue weighted by Gasteiger charge is -2.07. The Kier molecular flexibility index (Phi) is 3.58. The van der Waals surface area contributed by atoms with Crippen molar-refractivity contribution in [1.82, 2.24) is 10.2 Å². The van der Waals surface area contributed by atoms with Crippen LogP contribution in [-0.4, -0.2) is 10.2 Å². The molecule has 0 amide bonds. The Morgan fingerprint density at radius 2 is 2.06 bits per heavy atom. The molecule has 0 saturated heterocycles. The van der Waals surface area contributed by atoms with Crippen LogP contribution < -0.4 is 4.74 Å². The second-order valence-corrected chi connectivity index (χ2v) is 4.39. The van der Waals surface area contributed by atoms with Crippen molar-refractivity contribution in [3.8, 4) is 5.75 Å². The van der Waals surface area contributed by atoms with Gasteiger partial charge in [-0.1, -0.05) is 26.0 Å². The van der Waals surface area contributed by atoms with E-state index in [1.807, 2.05) is 12.1 Å². The number of rotatable bonds is 4. The van der Waals surface area contributed by atoms with Crippen molar-refractivity contribution in [3.05, 3.63) is 40.6 Å². The molecule has 0 atom stereocenters. The molecule has 0 aliphatic carbocycles. The van der Waals surface area contributed by atoms with Gasteiger partial charge >= 0.3 is 0 Å². The van der Waals surface area contributed by atoms with E-state index in [2.05, 4.69) is 36.2 Å². The number of aromatic nitrogens is 2. The van der Waals surface area contributed by atoms with Crippen LogP contribution in [0.2, 0.25) is 0 Å². The van der Waals surface area contributed by atoms with E-state index in [9.17, 15) is 0 Å². The maximum absolute atomic E-state index is 5.52. The number of benzene rings is 1. The Labute approximate surface area is 105 Å². The van der Waals surface area contributed by atoms with E-state index in [1.54, 1.807) is 0 Å². The van der Waals surface area contributed by atoms with Gasteiger partial charge in [-0.3, -0.25) is 0 Å². The van der Waals surface area contributed by atoms with Gasteiger partial charge in [0.25, 0.3) is 10.7 Å². The first kappa shape index (κ1) is 11.9. The van der Waals surface area contributed by atoms with Crippen molar-refractivity contribution >= 4 is 12.2 Å². The Morgan fingerprint density at radius 3 is 2.59 bits per heavy atom. The molecule has 0 saturated carbocycles. The molecule has 2 aromatic rings. The monoisotopic (exact) mass is 250 g/mol. The molecule has 0 spiro atoms. The van der Waals surface area contributed by atoms with E-state index in [1.165, 1.54) is 5.56 Å². The smallest absolute Gasteiger partial charge is 0.284 e. The third kappa shape index (κ3) is 3.17. The largest absolute Gasteiger partial charge is 0.484 e. The minimum absolute atomic E-state index is 0.263. The van der Waals surface area contributed by atoms with E-state index in [4.69, 9.17) is 21.4 Å². The molecular weight excluding hydrogens is 236 g/mol. The van der Waals surface area contributed by atoms with Crippen LogP contribution in [0.15, 0.2) is 28.7 Å². The summed E-state index contributed by atoms with van der Waals surface area (Å²) in [7, 11) is 0. The summed E-state index contributed by atoms with van der Waals surface area (Å²) in [4.78, 5) is 0.263. The zero-order valence-electron chi connectivity index (χ0n) is 9.77. The van der Waals surface area contributed by atoms with E-state index in [-0.39, 0.29) is 11.4 Å². The van der Waals surface area contributed by atoms with Gasteiger partial charge in [-0.25, -0.2) is 5.10 Å². The fourth-order valence-electron chi connectivity index (χ4n) is 1.42. The number of nitrogens with zero attached hydrogens (tertiary/aromatic N) is 1. The van der Waals surface area contributed by atoms with E-state index < -0.39 is 0 Å². The van der Waals surface area contributed by atoms with Gasteiger partial charge in [0.2, 0.25) is 0 Å². The molecule has 0 aliphatic rings. The first-order chi connectivity index (χ1) is 8.15. The highest BCUT2D eigenvalue weighted by molar-refractivity contribution is 7.71. The van der Waals surface area contributed by atoms with Gasteiger partial charge in [0.15, 0.2) is 6.61 Å². The molecule has 1 aromatic carbocycles. The van der Waals surface area contributed by atoms with Crippen LogP contribution in [0.3, 0.4) is 0 Å². The molecule has 0 fully saturated rings. The highest BCUT2D eigenvalue weighted by Crippen LogP contribution is 2.19. The second kappa shape index (κ2) is 5.14. The Hall–Kier alpha value is -1.62. The predicted molar refractivity (Wildman–Crippen MR) is 66.6 cm³/mol. The first-order valence-electron chi connectivity index (χ1n) is 5.42. The molecule has 0 aliphatic heterocycles. The summed E-state index contributed by atoms with van der Waals surface area (Å²) >= 11 is 4.77. The quantitative estimate of drug-likeness (QED) is 0.844. The predicted octanol–water partition coefficient (Wildman–Crippen LogP) is 3.43. The number of nitrogens with one attached hydrogen (secondary N) is 1. The fraction of sp³-hybridized carbons (Fsp3) is 0.333. The van der Waals surface area contributed by atoms with Gasteiger partial charge in [-0.2, -0.15) is 0 Å². The maximum atomic E-state index is 5.52. The molecule has 2 rings (SSSR count). The van der Waals surface area contributed by atoms with E-state index in [0.29, 0.717) is 11.8 Å². The molecule has 1 aromatic heterocycles. The Bertz CT molecular complexity index is 528. The first-order valence-corrected chi connectivity index (χ1v) is 5.83. The van der Waals surface area contributed by atoms with Gasteiger partial charge in [-0.15, -0.1) is 5.10 Å². The third-order valence-corrected chi connectivity index (χ3v) is 2.57. The summed E-state index contributed by atoms with van der Waals surface area (Å²) in [6.45, 7) is 4.58. The normalized spacial score (nSPS) is 10.8. The van der Waals surface area contributed by atoms with Crippen LogP contribution >= 0.6 is 12.2 Å². The molecule has 17 heavy (non-hydrogen) atoms. The number of H-pyrrole nitrogens is 1. The third-order valence-electron chi connectivity index (χ3n) is 2.39. The van der Waals surface area contributed by atoms with Crippen molar-refractivity contribution in [2.24, 2.45) is 0 Å². The summed E-state index contributed by atoms with van der Waals surface area (Å²) in [5.74, 6) is 1.76. The summed E-state index contributed by atoms with van der Waals surface area (Å²) in [5.41, 5.74) is 1.29. The average molecular weight is 250 g/mol. The topological polar surface area (TPSA) is 51.0 Å². The van der Waals surface area contributed by atoms with E-state index >= 15 is 0 Å². The lowest BCUT2D eigenvalue weighted by atomic mass is 10.0. The van der Waals surface area contributed by atoms with Crippen LogP contribution in [0.1, 0.15) is 31.2 Å². The molecule has 1 heterocycles. The van der Waals surface area contributed by atoms with Crippen LogP contribution in [0.4, 0.5) is 0 Å². The minimum Gasteiger partial charge on any atom is -0.484 e. The fourth-order valence-corrected chi connectivity index (χ4v) is 1.56. The van der Waals surface area contributed by atoms with Gasteiger partial charge < -0.3 is 9.15 Å². The molecule has 0 unspecified atom stereocenters. The summed E-state index contributed by atoms with van der Waals surface area (Å²) in [6.07, 6.45) is 0. The van der Waals surface area contributed by atoms with Crippen molar-refractivity contribution in [2.45, 2.75) is 26.4 Å². The zero-order valence-corrected chi connectivity index (χ0v) is 10.6. The maximum Gasteiger partial charge on any atom is 0.284 e. The van der Waals surface area contributed by atoms with E-state index in [0.717, 1.165) is 5.75 Å². The molecule has 1 N–H and O–H groups in total. The zero-order chi connectivity index (χ0) is 12.3. The molecule has 0 radical (unpaired) electrons. The lowest BCUT2D eigenvalue weighted by molar-refractivity contribution is 0.261. The van der Waals surface area contributed by atoms with Crippen LogP contribution in [0.25, 0.3) is 0 Å². The molecular formula is C12H14N2O2S. The number of hydrogen-bond donors (Lipinski definition) is 1. The van der Waals surface area contributed by atoms with Crippen LogP contribution in [0, 0.1) is 4.84 Å². The number of aromatic amines is 1. The van der Waals surface area contributed by atoms with Gasteiger partial charge in [0, 0.05) is 0 Å². The van der Waals surface area contributed by atoms with Crippen molar-refractivity contribution in [2.75, 3.05) is 0 Å². The number of hydrogen-bond acceptors (Lipinski definition) is 4. The second-order valence-electron chi connectivity index (χ2n) is 4.02. The average Bonchev–Trinajstić information content (AvgIpc) is 2.73. The Balaban J connectivity index is 1.97. The molecule has 90 valence electrons. The highest BCUT2D eigenvalue weighted by Gasteiger charge is 2.02. The van der Waals surface area contributed by atoms with Crippen LogP contribution in [0.5, 0.6) is 5.75 Å². The molecule has 4 nitrogen and oxygen atoms in total. The van der Waals surface area contributed by atoms with Crippen molar-refractivity contribution < 1.29 is 9.15 Å². The SMILES string of the molecule is CC(C)c1ccc(OCc2n[nH]c(=S)o2)cc1. The summed E-state index contributed by atoms with van der Waals surface area (Å²) < 4.78 is 10.6. The lowest BCUT2D eigenvalue weighted by Crippen LogP contribution is -1.96. The summed E-state index contributed by atoms with van der Waals surface area (Å²) in [6, 6.07) is 7.99. The van der Waals surface area contributed by atoms with Gasteiger partial charge in [0.05, 0.1) is 0 Å². The molecule has 5 heteroatoms. The molecule has 0 bridgehead atoms. The van der Waals surface area contributed by atoms with Crippen LogP contribution in [-0.2, 0) is 6.61 Å².